The van der Waals surface area contributed by atoms with Crippen molar-refractivity contribution in [1.82, 2.24) is 9.97 Å². The highest BCUT2D eigenvalue weighted by atomic mass is 32.1. The fourth-order valence-corrected chi connectivity index (χ4v) is 11.8. The van der Waals surface area contributed by atoms with Crippen molar-refractivity contribution in [3.63, 3.8) is 0 Å². The number of benzene rings is 3. The van der Waals surface area contributed by atoms with Gasteiger partial charge in [-0.2, -0.15) is 0 Å². The summed E-state index contributed by atoms with van der Waals surface area (Å²) in [6.07, 6.45) is 7.33. The molecule has 1 aliphatic carbocycles. The van der Waals surface area contributed by atoms with E-state index in [1.54, 1.807) is 0 Å². The van der Waals surface area contributed by atoms with E-state index in [-0.39, 0.29) is 0 Å². The lowest BCUT2D eigenvalue weighted by atomic mass is 10.0. The van der Waals surface area contributed by atoms with Crippen LogP contribution in [0.2, 0.25) is 0 Å². The molecule has 0 amide bonds. The summed E-state index contributed by atoms with van der Waals surface area (Å²) in [5, 5.41) is 6.87. The molecule has 9 rings (SSSR count). The Hall–Kier alpha value is -4.89. The van der Waals surface area contributed by atoms with Crippen LogP contribution in [-0.2, 0) is 4.57 Å². The first-order valence-corrected chi connectivity index (χ1v) is 18.4. The number of rotatable bonds is 3. The first kappa shape index (κ1) is 27.4. The molecule has 3 aliphatic rings. The summed E-state index contributed by atoms with van der Waals surface area (Å²) in [7, 11) is -3.13. The lowest BCUT2D eigenvalue weighted by molar-refractivity contribution is 0.590. The Morgan fingerprint density at radius 2 is 0.978 bits per heavy atom. The van der Waals surface area contributed by atoms with Gasteiger partial charge in [-0.3, -0.25) is 0 Å². The number of thiophene rings is 1. The van der Waals surface area contributed by atoms with E-state index < -0.39 is 7.14 Å². The number of hydrogen-bond acceptors (Lipinski definition) is 2. The first-order chi connectivity index (χ1) is 22.7. The van der Waals surface area contributed by atoms with Crippen LogP contribution in [0, 0.1) is 0 Å². The summed E-state index contributed by atoms with van der Waals surface area (Å²) in [5.41, 5.74) is 7.15. The Bertz CT molecular complexity index is 2360. The van der Waals surface area contributed by atoms with E-state index in [0.717, 1.165) is 78.9 Å². The van der Waals surface area contributed by atoms with Crippen molar-refractivity contribution in [3.05, 3.63) is 191 Å². The zero-order chi connectivity index (χ0) is 30.7. The Kier molecular flexibility index (Phi) is 6.48. The van der Waals surface area contributed by atoms with Gasteiger partial charge in [0.2, 0.25) is 0 Å². The van der Waals surface area contributed by atoms with Gasteiger partial charge in [0.05, 0.1) is 0 Å². The maximum absolute atomic E-state index is 15.8. The molecule has 3 nitrogen and oxygen atoms in total. The minimum Gasteiger partial charge on any atom is -0.355 e. The van der Waals surface area contributed by atoms with Gasteiger partial charge in [0.1, 0.15) is 0 Å². The van der Waals surface area contributed by atoms with Crippen molar-refractivity contribution >= 4 is 47.1 Å². The second-order valence-corrected chi connectivity index (χ2v) is 15.9. The van der Waals surface area contributed by atoms with Gasteiger partial charge >= 0.3 is 0 Å². The van der Waals surface area contributed by atoms with Crippen LogP contribution >= 0.6 is 18.5 Å². The summed E-state index contributed by atoms with van der Waals surface area (Å²) in [6, 6.07) is 44.5. The van der Waals surface area contributed by atoms with Gasteiger partial charge in [-0.25, -0.2) is 0 Å². The first-order valence-electron chi connectivity index (χ1n) is 15.8. The Morgan fingerprint density at radius 1 is 0.522 bits per heavy atom. The fraction of sp³-hybridized carbons (Fsp3) is 0.0732. The predicted molar refractivity (Wildman–Crippen MR) is 191 cm³/mol. The number of aromatic amines is 2. The molecule has 1 saturated carbocycles. The van der Waals surface area contributed by atoms with Crippen molar-refractivity contribution < 1.29 is 4.57 Å². The SMILES string of the molecule is O=P1(c2ccccc2)C2=C3CCCC3=C1/C=c1/cc/c([nH]1)=C(\c1ccccc1)c1ccc(s1)/C(c1ccccc1)=c1/cc/c([nH]1)=C/2. The van der Waals surface area contributed by atoms with Crippen LogP contribution in [0.1, 0.15) is 40.1 Å². The highest BCUT2D eigenvalue weighted by Gasteiger charge is 2.43. The quantitative estimate of drug-likeness (QED) is 0.206. The third kappa shape index (κ3) is 4.36. The van der Waals surface area contributed by atoms with Crippen LogP contribution < -0.4 is 26.7 Å². The molecule has 2 aliphatic heterocycles. The van der Waals surface area contributed by atoms with Gasteiger partial charge in [-0.05, 0) is 90.1 Å². The molecule has 1 fully saturated rings. The lowest BCUT2D eigenvalue weighted by Crippen LogP contribution is -2.16. The monoisotopic (exact) mass is 630 g/mol. The van der Waals surface area contributed by atoms with Gasteiger partial charge in [0.25, 0.3) is 0 Å². The molecule has 5 heteroatoms. The number of allylic oxidation sites excluding steroid dienone is 4. The summed E-state index contributed by atoms with van der Waals surface area (Å²) in [5.74, 6) is 0. The third-order valence-electron chi connectivity index (χ3n) is 9.40. The second kappa shape index (κ2) is 10.9. The van der Waals surface area contributed by atoms with Gasteiger partial charge in [-0.1, -0.05) is 91.0 Å². The molecule has 0 atom stereocenters. The molecule has 3 aromatic heterocycles. The Labute approximate surface area is 271 Å². The second-order valence-electron chi connectivity index (χ2n) is 12.1. The number of hydrogen-bond donors (Lipinski definition) is 2. The van der Waals surface area contributed by atoms with E-state index >= 15 is 4.57 Å². The molecule has 0 spiro atoms. The average molecular weight is 631 g/mol. The molecular weight excluding hydrogens is 600 g/mol. The fourth-order valence-electron chi connectivity index (χ4n) is 7.35. The third-order valence-corrected chi connectivity index (χ3v) is 13.7. The molecule has 0 unspecified atom stereocenters. The van der Waals surface area contributed by atoms with Crippen molar-refractivity contribution in [2.24, 2.45) is 0 Å². The molecule has 3 aromatic carbocycles. The molecule has 46 heavy (non-hydrogen) atoms. The number of H-pyrrole nitrogens is 2. The van der Waals surface area contributed by atoms with Gasteiger partial charge < -0.3 is 14.5 Å². The highest BCUT2D eigenvalue weighted by molar-refractivity contribution is 7.80. The maximum atomic E-state index is 15.8. The van der Waals surface area contributed by atoms with Gasteiger partial charge in [0, 0.05) is 58.2 Å². The topological polar surface area (TPSA) is 48.6 Å². The van der Waals surface area contributed by atoms with E-state index in [2.05, 4.69) is 119 Å². The predicted octanol–water partition coefficient (Wildman–Crippen LogP) is 6.87. The molecule has 0 radical (unpaired) electrons. The van der Waals surface area contributed by atoms with Crippen LogP contribution in [0.25, 0.3) is 23.3 Å². The highest BCUT2D eigenvalue weighted by Crippen LogP contribution is 2.70. The minimum absolute atomic E-state index is 0.888. The summed E-state index contributed by atoms with van der Waals surface area (Å²) >= 11 is 1.81. The zero-order valence-corrected chi connectivity index (χ0v) is 26.9. The van der Waals surface area contributed by atoms with Gasteiger partial charge in [0.15, 0.2) is 7.14 Å². The summed E-state index contributed by atoms with van der Waals surface area (Å²) in [6.45, 7) is 0. The molecular formula is C41H31N2OPS. The Morgan fingerprint density at radius 3 is 1.46 bits per heavy atom. The number of nitrogens with one attached hydrogen (secondary N) is 2. The zero-order valence-electron chi connectivity index (χ0n) is 25.2. The standard InChI is InChI=1S/C41H31N2OPS/c44-45(31-15-8-3-9-16-31)36-25-29-19-21-34(42-29)40(27-11-4-1-5-12-27)38-23-24-39(46-38)41(28-13-6-2-7-14-28)35-22-20-30(43-35)26-37(45)33-18-10-17-32(33)36/h1-9,11-16,19-26,42-43H,10,17-18H2/b29-25-,30-26-,36-25?,37-26?,40-34-,40-38?,41-35-,41-39?. The molecule has 0 saturated heterocycles. The number of aromatic nitrogens is 2. The smallest absolute Gasteiger partial charge is 0.171 e. The van der Waals surface area contributed by atoms with Crippen LogP contribution in [0.3, 0.4) is 0 Å². The maximum Gasteiger partial charge on any atom is 0.171 e. The van der Waals surface area contributed by atoms with Crippen molar-refractivity contribution in [2.45, 2.75) is 19.3 Å². The van der Waals surface area contributed by atoms with Crippen LogP contribution in [0.4, 0.5) is 0 Å². The van der Waals surface area contributed by atoms with Crippen LogP contribution in [0.5, 0.6) is 0 Å². The normalized spacial score (nSPS) is 22.7. The van der Waals surface area contributed by atoms with Crippen molar-refractivity contribution in [2.75, 3.05) is 0 Å². The van der Waals surface area contributed by atoms with E-state index in [4.69, 9.17) is 0 Å². The van der Waals surface area contributed by atoms with E-state index in [1.807, 2.05) is 41.7 Å². The van der Waals surface area contributed by atoms with Crippen molar-refractivity contribution in [1.29, 1.82) is 0 Å². The molecule has 8 bridgehead atoms. The molecule has 2 N–H and O–H groups in total. The van der Waals surface area contributed by atoms with E-state index in [0.29, 0.717) is 0 Å². The van der Waals surface area contributed by atoms with Gasteiger partial charge in [-0.15, -0.1) is 11.3 Å². The Balaban J connectivity index is 1.43. The largest absolute Gasteiger partial charge is 0.355 e. The molecule has 222 valence electrons. The van der Waals surface area contributed by atoms with Crippen LogP contribution in [-0.4, -0.2) is 9.97 Å². The summed E-state index contributed by atoms with van der Waals surface area (Å²) in [4.78, 5) is 9.89. The lowest BCUT2D eigenvalue weighted by Gasteiger charge is -2.18. The molecule has 5 heterocycles. The molecule has 6 aromatic rings. The van der Waals surface area contributed by atoms with E-state index in [9.17, 15) is 0 Å². The number of fused-ring (bicyclic) bond motifs is 9. The van der Waals surface area contributed by atoms with Crippen LogP contribution in [0.15, 0.2) is 149 Å². The average Bonchev–Trinajstić information content (AvgIpc) is 3.94. The van der Waals surface area contributed by atoms with Crippen molar-refractivity contribution in [3.8, 4) is 0 Å². The van der Waals surface area contributed by atoms with E-state index in [1.165, 1.54) is 20.9 Å². The summed E-state index contributed by atoms with van der Waals surface area (Å²) < 4.78 is 15.8. The minimum atomic E-state index is -3.13.